The van der Waals surface area contributed by atoms with Crippen LogP contribution in [0.15, 0.2) is 0 Å². The number of rotatable bonds is 4. The van der Waals surface area contributed by atoms with E-state index in [2.05, 4.69) is 0 Å². The van der Waals surface area contributed by atoms with E-state index in [0.717, 1.165) is 25.9 Å². The van der Waals surface area contributed by atoms with Gasteiger partial charge in [-0.05, 0) is 19.4 Å². The zero-order chi connectivity index (χ0) is 10.6. The van der Waals surface area contributed by atoms with Crippen LogP contribution in [0.5, 0.6) is 0 Å². The standard InChI is InChI=1S/C9H16ClNO3/c1-14-7-3-2-4-11(5-7)6-8(10)9(12)13/h7-8H,2-6H2,1H3,(H,12,13). The lowest BCUT2D eigenvalue weighted by atomic mass is 10.1. The van der Waals surface area contributed by atoms with Gasteiger partial charge in [0, 0.05) is 20.2 Å². The molecule has 0 radical (unpaired) electrons. The Morgan fingerprint density at radius 1 is 1.79 bits per heavy atom. The van der Waals surface area contributed by atoms with Crippen molar-refractivity contribution in [3.63, 3.8) is 0 Å². The van der Waals surface area contributed by atoms with Crippen LogP contribution in [-0.2, 0) is 9.53 Å². The summed E-state index contributed by atoms with van der Waals surface area (Å²) in [7, 11) is 1.68. The van der Waals surface area contributed by atoms with E-state index >= 15 is 0 Å². The topological polar surface area (TPSA) is 49.8 Å². The Labute approximate surface area is 88.8 Å². The van der Waals surface area contributed by atoms with Crippen LogP contribution in [0.25, 0.3) is 0 Å². The number of hydrogen-bond acceptors (Lipinski definition) is 3. The highest BCUT2D eigenvalue weighted by molar-refractivity contribution is 6.29. The van der Waals surface area contributed by atoms with Crippen molar-refractivity contribution >= 4 is 17.6 Å². The Bertz CT molecular complexity index is 200. The van der Waals surface area contributed by atoms with Crippen molar-refractivity contribution in [2.45, 2.75) is 24.3 Å². The van der Waals surface area contributed by atoms with E-state index in [1.165, 1.54) is 0 Å². The van der Waals surface area contributed by atoms with Gasteiger partial charge in [0.2, 0.25) is 0 Å². The van der Waals surface area contributed by atoms with Crippen LogP contribution in [0.2, 0.25) is 0 Å². The minimum atomic E-state index is -0.953. The van der Waals surface area contributed by atoms with E-state index in [9.17, 15) is 4.79 Å². The summed E-state index contributed by atoms with van der Waals surface area (Å²) in [5, 5.41) is 7.83. The van der Waals surface area contributed by atoms with E-state index in [-0.39, 0.29) is 6.10 Å². The number of likely N-dealkylation sites (tertiary alicyclic amines) is 1. The average molecular weight is 222 g/mol. The number of methoxy groups -OCH3 is 1. The van der Waals surface area contributed by atoms with Gasteiger partial charge in [-0.3, -0.25) is 9.69 Å². The highest BCUT2D eigenvalue weighted by Gasteiger charge is 2.23. The van der Waals surface area contributed by atoms with Crippen molar-refractivity contribution in [1.82, 2.24) is 4.90 Å². The first-order valence-corrected chi connectivity index (χ1v) is 5.19. The number of hydrogen-bond donors (Lipinski definition) is 1. The van der Waals surface area contributed by atoms with Crippen molar-refractivity contribution in [1.29, 1.82) is 0 Å². The maximum Gasteiger partial charge on any atom is 0.322 e. The molecule has 0 aromatic heterocycles. The number of carbonyl (C=O) groups is 1. The number of alkyl halides is 1. The predicted octanol–water partition coefficient (Wildman–Crippen LogP) is 0.789. The number of piperidine rings is 1. The van der Waals surface area contributed by atoms with Gasteiger partial charge in [0.05, 0.1) is 6.10 Å². The highest BCUT2D eigenvalue weighted by atomic mass is 35.5. The molecule has 82 valence electrons. The lowest BCUT2D eigenvalue weighted by Crippen LogP contribution is -2.43. The summed E-state index contributed by atoms with van der Waals surface area (Å²) >= 11 is 5.66. The summed E-state index contributed by atoms with van der Waals surface area (Å²) < 4.78 is 5.23. The molecule has 5 heteroatoms. The number of nitrogens with zero attached hydrogens (tertiary/aromatic N) is 1. The third-order valence-corrected chi connectivity index (χ3v) is 2.81. The molecule has 0 amide bonds. The molecular weight excluding hydrogens is 206 g/mol. The molecule has 0 spiro atoms. The van der Waals surface area contributed by atoms with E-state index in [1.54, 1.807) is 7.11 Å². The summed E-state index contributed by atoms with van der Waals surface area (Å²) in [5.74, 6) is -0.953. The average Bonchev–Trinajstić information content (AvgIpc) is 2.18. The maximum atomic E-state index is 10.5. The first kappa shape index (κ1) is 11.8. The van der Waals surface area contributed by atoms with Gasteiger partial charge in [-0.2, -0.15) is 0 Å². The number of carboxylic acid groups (broad SMARTS) is 1. The lowest BCUT2D eigenvalue weighted by molar-refractivity contribution is -0.137. The highest BCUT2D eigenvalue weighted by Crippen LogP contribution is 2.13. The second-order valence-corrected chi connectivity index (χ2v) is 4.09. The number of halogens is 1. The van der Waals surface area contributed by atoms with E-state index in [4.69, 9.17) is 21.4 Å². The molecule has 0 saturated carbocycles. The van der Waals surface area contributed by atoms with Crippen LogP contribution in [-0.4, -0.2) is 54.2 Å². The fraction of sp³-hybridized carbons (Fsp3) is 0.889. The maximum absolute atomic E-state index is 10.5. The normalized spacial score (nSPS) is 26.0. The van der Waals surface area contributed by atoms with Crippen molar-refractivity contribution in [2.24, 2.45) is 0 Å². The van der Waals surface area contributed by atoms with Crippen LogP contribution in [0.1, 0.15) is 12.8 Å². The van der Waals surface area contributed by atoms with Crippen LogP contribution in [0.4, 0.5) is 0 Å². The van der Waals surface area contributed by atoms with Gasteiger partial charge in [-0.1, -0.05) is 0 Å². The summed E-state index contributed by atoms with van der Waals surface area (Å²) in [6.07, 6.45) is 2.32. The monoisotopic (exact) mass is 221 g/mol. The molecule has 1 aliphatic heterocycles. The van der Waals surface area contributed by atoms with Gasteiger partial charge in [0.1, 0.15) is 5.38 Å². The van der Waals surface area contributed by atoms with Crippen molar-refractivity contribution in [2.75, 3.05) is 26.7 Å². The molecule has 0 aliphatic carbocycles. The molecule has 1 saturated heterocycles. The number of ether oxygens (including phenoxy) is 1. The molecule has 0 aromatic carbocycles. The summed E-state index contributed by atoms with van der Waals surface area (Å²) in [4.78, 5) is 12.6. The Morgan fingerprint density at radius 2 is 2.50 bits per heavy atom. The van der Waals surface area contributed by atoms with Gasteiger partial charge in [0.15, 0.2) is 0 Å². The molecule has 1 heterocycles. The van der Waals surface area contributed by atoms with Crippen molar-refractivity contribution in [3.05, 3.63) is 0 Å². The molecule has 2 atom stereocenters. The third kappa shape index (κ3) is 3.44. The summed E-state index contributed by atoms with van der Waals surface area (Å²) in [6.45, 7) is 2.10. The fourth-order valence-corrected chi connectivity index (χ4v) is 1.87. The zero-order valence-corrected chi connectivity index (χ0v) is 9.04. The second kappa shape index (κ2) is 5.53. The number of carboxylic acids is 1. The molecular formula is C9H16ClNO3. The fourth-order valence-electron chi connectivity index (χ4n) is 1.68. The van der Waals surface area contributed by atoms with E-state index in [0.29, 0.717) is 6.54 Å². The first-order valence-electron chi connectivity index (χ1n) is 4.75. The summed E-state index contributed by atoms with van der Waals surface area (Å²) in [6, 6.07) is 0. The van der Waals surface area contributed by atoms with Crippen LogP contribution < -0.4 is 0 Å². The largest absolute Gasteiger partial charge is 0.480 e. The molecule has 4 nitrogen and oxygen atoms in total. The third-order valence-electron chi connectivity index (χ3n) is 2.48. The molecule has 1 N–H and O–H groups in total. The molecule has 1 rings (SSSR count). The van der Waals surface area contributed by atoms with E-state index in [1.807, 2.05) is 4.90 Å². The van der Waals surface area contributed by atoms with Gasteiger partial charge in [-0.25, -0.2) is 0 Å². The molecule has 0 bridgehead atoms. The lowest BCUT2D eigenvalue weighted by Gasteiger charge is -2.32. The Kier molecular flexibility index (Phi) is 4.65. The summed E-state index contributed by atoms with van der Waals surface area (Å²) in [5.41, 5.74) is 0. The van der Waals surface area contributed by atoms with Crippen molar-refractivity contribution < 1.29 is 14.6 Å². The van der Waals surface area contributed by atoms with Crippen LogP contribution in [0.3, 0.4) is 0 Å². The molecule has 0 aromatic rings. The minimum Gasteiger partial charge on any atom is -0.480 e. The molecule has 2 unspecified atom stereocenters. The molecule has 1 fully saturated rings. The van der Waals surface area contributed by atoms with Crippen LogP contribution >= 0.6 is 11.6 Å². The second-order valence-electron chi connectivity index (χ2n) is 3.57. The smallest absolute Gasteiger partial charge is 0.322 e. The zero-order valence-electron chi connectivity index (χ0n) is 8.28. The first-order chi connectivity index (χ1) is 6.63. The van der Waals surface area contributed by atoms with Crippen LogP contribution in [0, 0.1) is 0 Å². The molecule has 14 heavy (non-hydrogen) atoms. The van der Waals surface area contributed by atoms with Gasteiger partial charge >= 0.3 is 5.97 Å². The van der Waals surface area contributed by atoms with Gasteiger partial charge < -0.3 is 9.84 Å². The van der Waals surface area contributed by atoms with E-state index < -0.39 is 11.3 Å². The molecule has 1 aliphatic rings. The van der Waals surface area contributed by atoms with Gasteiger partial charge in [0.25, 0.3) is 0 Å². The van der Waals surface area contributed by atoms with Crippen molar-refractivity contribution in [3.8, 4) is 0 Å². The quantitative estimate of drug-likeness (QED) is 0.714. The Morgan fingerprint density at radius 3 is 3.07 bits per heavy atom. The SMILES string of the molecule is COC1CCCN(CC(Cl)C(=O)O)C1. The Hall–Kier alpha value is -0.320. The minimum absolute atomic E-state index is 0.224. The predicted molar refractivity (Wildman–Crippen MR) is 53.7 cm³/mol. The Balaban J connectivity index is 2.33. The number of aliphatic carboxylic acids is 1. The van der Waals surface area contributed by atoms with Gasteiger partial charge in [-0.15, -0.1) is 11.6 Å².